The van der Waals surface area contributed by atoms with E-state index in [-0.39, 0.29) is 6.10 Å². The van der Waals surface area contributed by atoms with Crippen LogP contribution in [0.2, 0.25) is 0 Å². The second-order valence-corrected chi connectivity index (χ2v) is 2.59. The van der Waals surface area contributed by atoms with Crippen molar-refractivity contribution in [1.29, 1.82) is 0 Å². The Labute approximate surface area is 69.7 Å². The van der Waals surface area contributed by atoms with Gasteiger partial charge in [-0.25, -0.2) is 9.89 Å². The molecule has 1 N–H and O–H groups in total. The third-order valence-electron chi connectivity index (χ3n) is 1.65. The minimum absolute atomic E-state index is 0.159. The second kappa shape index (κ2) is 4.06. The van der Waals surface area contributed by atoms with Gasteiger partial charge in [-0.1, -0.05) is 0 Å². The monoisotopic (exact) mass is 172 g/mol. The van der Waals surface area contributed by atoms with Crippen molar-refractivity contribution in [3.05, 3.63) is 16.4 Å². The van der Waals surface area contributed by atoms with Gasteiger partial charge in [-0.2, -0.15) is 0 Å². The van der Waals surface area contributed by atoms with E-state index in [1.165, 1.54) is 0 Å². The molecule has 0 aliphatic carbocycles. The maximum Gasteiger partial charge on any atom is 0.434 e. The van der Waals surface area contributed by atoms with Gasteiger partial charge in [0.1, 0.15) is 0 Å². The maximum atomic E-state index is 10.5. The molecule has 68 valence electrons. The van der Waals surface area contributed by atoms with E-state index in [0.717, 1.165) is 6.42 Å². The van der Waals surface area contributed by atoms with Crippen LogP contribution in [0.5, 0.6) is 0 Å². The van der Waals surface area contributed by atoms with Crippen molar-refractivity contribution < 1.29 is 9.15 Å². The van der Waals surface area contributed by atoms with Crippen molar-refractivity contribution in [1.82, 2.24) is 10.2 Å². The summed E-state index contributed by atoms with van der Waals surface area (Å²) in [6.07, 6.45) is 1.57. The molecule has 1 aromatic heterocycles. The Morgan fingerprint density at radius 2 is 2.50 bits per heavy atom. The Balaban J connectivity index is 2.38. The van der Waals surface area contributed by atoms with Crippen molar-refractivity contribution >= 4 is 0 Å². The number of nitrogens with zero attached hydrogens (tertiary/aromatic N) is 1. The molecule has 0 amide bonds. The molecule has 0 fully saturated rings. The summed E-state index contributed by atoms with van der Waals surface area (Å²) in [6.45, 7) is 1.95. The SMILES string of the molecule is COC(C)CCc1n[nH]c(=O)o1. The van der Waals surface area contributed by atoms with Gasteiger partial charge >= 0.3 is 5.76 Å². The lowest BCUT2D eigenvalue weighted by Crippen LogP contribution is -2.06. The zero-order valence-corrected chi connectivity index (χ0v) is 7.16. The molecule has 1 atom stereocenters. The number of methoxy groups -OCH3 is 1. The van der Waals surface area contributed by atoms with Crippen LogP contribution < -0.4 is 5.76 Å². The van der Waals surface area contributed by atoms with Crippen molar-refractivity contribution in [2.45, 2.75) is 25.9 Å². The van der Waals surface area contributed by atoms with Crippen molar-refractivity contribution in [2.75, 3.05) is 7.11 Å². The molecule has 12 heavy (non-hydrogen) atoms. The van der Waals surface area contributed by atoms with E-state index in [0.29, 0.717) is 12.3 Å². The Morgan fingerprint density at radius 1 is 1.75 bits per heavy atom. The quantitative estimate of drug-likeness (QED) is 0.710. The van der Waals surface area contributed by atoms with Crippen LogP contribution in [0.25, 0.3) is 0 Å². The summed E-state index contributed by atoms with van der Waals surface area (Å²) < 4.78 is 9.72. The van der Waals surface area contributed by atoms with Crippen LogP contribution in [0.4, 0.5) is 0 Å². The fourth-order valence-corrected chi connectivity index (χ4v) is 0.812. The number of hydrogen-bond donors (Lipinski definition) is 1. The number of aryl methyl sites for hydroxylation is 1. The summed E-state index contributed by atoms with van der Waals surface area (Å²) >= 11 is 0. The molecular weight excluding hydrogens is 160 g/mol. The number of aromatic amines is 1. The number of aromatic nitrogens is 2. The number of nitrogens with one attached hydrogen (secondary N) is 1. The number of rotatable bonds is 4. The first kappa shape index (κ1) is 8.99. The predicted octanol–water partition coefficient (Wildman–Crippen LogP) is 0.330. The molecule has 0 saturated carbocycles. The molecule has 1 unspecified atom stereocenters. The van der Waals surface area contributed by atoms with Gasteiger partial charge in [-0.15, -0.1) is 5.10 Å². The standard InChI is InChI=1S/C7H12N2O3/c1-5(11-2)3-4-6-8-9-7(10)12-6/h5H,3-4H2,1-2H3,(H,9,10). The lowest BCUT2D eigenvalue weighted by molar-refractivity contribution is 0.109. The fourth-order valence-electron chi connectivity index (χ4n) is 0.812. The van der Waals surface area contributed by atoms with E-state index >= 15 is 0 Å². The van der Waals surface area contributed by atoms with E-state index in [1.807, 2.05) is 6.92 Å². The summed E-state index contributed by atoms with van der Waals surface area (Å²) in [5.41, 5.74) is 0. The molecule has 0 radical (unpaired) electrons. The molecule has 0 saturated heterocycles. The average molecular weight is 172 g/mol. The normalized spacial score (nSPS) is 13.2. The van der Waals surface area contributed by atoms with Crippen LogP contribution >= 0.6 is 0 Å². The van der Waals surface area contributed by atoms with E-state index < -0.39 is 5.76 Å². The second-order valence-electron chi connectivity index (χ2n) is 2.59. The van der Waals surface area contributed by atoms with Crippen LogP contribution in [0, 0.1) is 0 Å². The highest BCUT2D eigenvalue weighted by Gasteiger charge is 2.04. The molecule has 0 aliphatic rings. The minimum Gasteiger partial charge on any atom is -0.393 e. The minimum atomic E-state index is -0.505. The van der Waals surface area contributed by atoms with Gasteiger partial charge in [0, 0.05) is 13.5 Å². The molecule has 1 aromatic rings. The molecule has 0 bridgehead atoms. The lowest BCUT2D eigenvalue weighted by Gasteiger charge is -2.05. The van der Waals surface area contributed by atoms with E-state index in [4.69, 9.17) is 9.15 Å². The zero-order valence-electron chi connectivity index (χ0n) is 7.16. The molecule has 5 nitrogen and oxygen atoms in total. The molecular formula is C7H12N2O3. The van der Waals surface area contributed by atoms with Crippen molar-refractivity contribution in [3.8, 4) is 0 Å². The van der Waals surface area contributed by atoms with Gasteiger partial charge in [-0.05, 0) is 13.3 Å². The smallest absolute Gasteiger partial charge is 0.393 e. The van der Waals surface area contributed by atoms with Gasteiger partial charge in [0.2, 0.25) is 5.89 Å². The topological polar surface area (TPSA) is 68.1 Å². The largest absolute Gasteiger partial charge is 0.434 e. The lowest BCUT2D eigenvalue weighted by atomic mass is 10.2. The highest BCUT2D eigenvalue weighted by Crippen LogP contribution is 2.01. The van der Waals surface area contributed by atoms with Gasteiger partial charge < -0.3 is 9.15 Å². The molecule has 1 heterocycles. The van der Waals surface area contributed by atoms with Gasteiger partial charge in [-0.3, -0.25) is 0 Å². The van der Waals surface area contributed by atoms with Gasteiger partial charge in [0.05, 0.1) is 6.10 Å². The fraction of sp³-hybridized carbons (Fsp3) is 0.714. The molecule has 0 spiro atoms. The Morgan fingerprint density at radius 3 is 3.00 bits per heavy atom. The zero-order chi connectivity index (χ0) is 8.97. The number of H-pyrrole nitrogens is 1. The van der Waals surface area contributed by atoms with Crippen LogP contribution in [0.1, 0.15) is 19.2 Å². The maximum absolute atomic E-state index is 10.5. The van der Waals surface area contributed by atoms with Crippen molar-refractivity contribution in [2.24, 2.45) is 0 Å². The first-order valence-corrected chi connectivity index (χ1v) is 3.79. The highest BCUT2D eigenvalue weighted by atomic mass is 16.5. The first-order valence-electron chi connectivity index (χ1n) is 3.79. The Hall–Kier alpha value is -1.10. The third kappa shape index (κ3) is 2.50. The third-order valence-corrected chi connectivity index (χ3v) is 1.65. The van der Waals surface area contributed by atoms with Gasteiger partial charge in [0.15, 0.2) is 0 Å². The van der Waals surface area contributed by atoms with E-state index in [2.05, 4.69) is 10.2 Å². The van der Waals surface area contributed by atoms with Crippen molar-refractivity contribution in [3.63, 3.8) is 0 Å². The molecule has 0 aromatic carbocycles. The summed E-state index contributed by atoms with van der Waals surface area (Å²) in [5, 5.41) is 5.86. The van der Waals surface area contributed by atoms with Crippen LogP contribution in [0.3, 0.4) is 0 Å². The van der Waals surface area contributed by atoms with Gasteiger partial charge in [0.25, 0.3) is 0 Å². The predicted molar refractivity (Wildman–Crippen MR) is 41.9 cm³/mol. The molecule has 0 aliphatic heterocycles. The van der Waals surface area contributed by atoms with E-state index in [1.54, 1.807) is 7.11 Å². The Bertz CT molecular complexity index is 278. The first-order chi connectivity index (χ1) is 5.72. The van der Waals surface area contributed by atoms with E-state index in [9.17, 15) is 4.79 Å². The molecule has 5 heteroatoms. The highest BCUT2D eigenvalue weighted by molar-refractivity contribution is 4.74. The molecule has 1 rings (SSSR count). The average Bonchev–Trinajstić information content (AvgIpc) is 2.47. The number of hydrogen-bond acceptors (Lipinski definition) is 4. The summed E-state index contributed by atoms with van der Waals surface area (Å²) in [7, 11) is 1.64. The van der Waals surface area contributed by atoms with Crippen LogP contribution in [0.15, 0.2) is 9.21 Å². The summed E-state index contributed by atoms with van der Waals surface area (Å²) in [6, 6.07) is 0. The Kier molecular flexibility index (Phi) is 3.04. The van der Waals surface area contributed by atoms with Crippen LogP contribution in [-0.2, 0) is 11.2 Å². The number of ether oxygens (including phenoxy) is 1. The summed E-state index contributed by atoms with van der Waals surface area (Å²) in [5.74, 6) is -0.0704. The summed E-state index contributed by atoms with van der Waals surface area (Å²) in [4.78, 5) is 10.5. The van der Waals surface area contributed by atoms with Crippen LogP contribution in [-0.4, -0.2) is 23.4 Å².